The van der Waals surface area contributed by atoms with Gasteiger partial charge in [-0.1, -0.05) is 60.7 Å². The summed E-state index contributed by atoms with van der Waals surface area (Å²) in [4.78, 5) is 0. The minimum atomic E-state index is 0. The minimum absolute atomic E-state index is 0. The molecule has 0 amide bonds. The van der Waals surface area contributed by atoms with Crippen LogP contribution in [0.3, 0.4) is 0 Å². The Labute approximate surface area is 106 Å². The zero-order valence-corrected chi connectivity index (χ0v) is 9.75. The molecule has 0 spiro atoms. The molecule has 0 aliphatic carbocycles. The molecule has 3 N–H and O–H groups in total. The molecule has 16 heavy (non-hydrogen) atoms. The molecule has 2 aromatic carbocycles. The second kappa shape index (κ2) is 10.1. The molecule has 0 heterocycles. The summed E-state index contributed by atoms with van der Waals surface area (Å²) < 4.78 is 0. The van der Waals surface area contributed by atoms with Crippen molar-refractivity contribution in [2.75, 3.05) is 0 Å². The summed E-state index contributed by atoms with van der Waals surface area (Å²) >= 11 is 0. The Balaban J connectivity index is 0. The summed E-state index contributed by atoms with van der Waals surface area (Å²) in [5, 5.41) is 20.5. The van der Waals surface area contributed by atoms with Gasteiger partial charge in [0.05, 0.1) is 0 Å². The topological polar surface area (TPSA) is 81.1 Å². The molecule has 86 valence electrons. The summed E-state index contributed by atoms with van der Waals surface area (Å²) in [6.45, 7) is 0. The summed E-state index contributed by atoms with van der Waals surface area (Å²) in [6.07, 6.45) is 0. The van der Waals surface area contributed by atoms with E-state index in [0.717, 1.165) is 0 Å². The Morgan fingerprint density at radius 3 is 0.938 bits per heavy atom. The molecule has 0 saturated carbocycles. The number of hydrogen-bond acceptors (Lipinski definition) is 3. The maximum atomic E-state index is 10.3. The van der Waals surface area contributed by atoms with E-state index in [-0.39, 0.29) is 34.7 Å². The first-order valence-electron chi connectivity index (χ1n) is 4.23. The Bertz CT molecular complexity index is 316. The van der Waals surface area contributed by atoms with Gasteiger partial charge in [-0.3, -0.25) is 0 Å². The second-order valence-corrected chi connectivity index (χ2v) is 2.63. The van der Waals surface area contributed by atoms with Gasteiger partial charge in [-0.2, -0.15) is 0 Å². The zero-order chi connectivity index (χ0) is 10.2. The van der Waals surface area contributed by atoms with Crippen molar-refractivity contribution in [2.24, 2.45) is 0 Å². The molecule has 0 bridgehead atoms. The number of rotatable bonds is 0. The Kier molecular flexibility index (Phi) is 10.6. The summed E-state index contributed by atoms with van der Waals surface area (Å²) in [5.74, 6) is 0.144. The quantitative estimate of drug-likeness (QED) is 0.730. The molecule has 0 aliphatic heterocycles. The number of hydrogen-bond donors (Lipinski definition) is 1. The summed E-state index contributed by atoms with van der Waals surface area (Å²) in [6, 6.07) is 16.7. The molecule has 0 saturated heterocycles. The van der Waals surface area contributed by atoms with E-state index in [0.29, 0.717) is 0 Å². The third-order valence-corrected chi connectivity index (χ3v) is 1.49. The van der Waals surface area contributed by atoms with Gasteiger partial charge in [0, 0.05) is 0 Å². The molecule has 0 unspecified atom stereocenters. The van der Waals surface area contributed by atoms with Crippen LogP contribution in [0.5, 0.6) is 11.5 Å². The van der Waals surface area contributed by atoms with Gasteiger partial charge >= 0.3 is 17.1 Å². The van der Waals surface area contributed by atoms with Gasteiger partial charge in [0.15, 0.2) is 0 Å². The van der Waals surface area contributed by atoms with Crippen LogP contribution in [-0.2, 0) is 17.1 Å². The smallest absolute Gasteiger partial charge is 0.872 e. The van der Waals surface area contributed by atoms with Gasteiger partial charge in [0.2, 0.25) is 0 Å². The third-order valence-electron chi connectivity index (χ3n) is 1.49. The van der Waals surface area contributed by atoms with E-state index >= 15 is 0 Å². The van der Waals surface area contributed by atoms with Crippen LogP contribution in [0.15, 0.2) is 60.7 Å². The van der Waals surface area contributed by atoms with E-state index < -0.39 is 0 Å². The van der Waals surface area contributed by atoms with Crippen LogP contribution < -0.4 is 16.4 Å². The Morgan fingerprint density at radius 2 is 0.812 bits per heavy atom. The van der Waals surface area contributed by atoms with Gasteiger partial charge in [0.1, 0.15) is 0 Å². The predicted molar refractivity (Wildman–Crippen MR) is 56.8 cm³/mol. The van der Waals surface area contributed by atoms with Gasteiger partial charge in [-0.05, 0) is 0 Å². The normalized spacial score (nSPS) is 7.50. The first-order valence-corrected chi connectivity index (χ1v) is 4.23. The molecule has 0 radical (unpaired) electrons. The maximum Gasteiger partial charge on any atom is 2.00 e. The van der Waals surface area contributed by atoms with Crippen molar-refractivity contribution in [3.8, 4) is 11.5 Å². The predicted octanol–water partition coefficient (Wildman–Crippen LogP) is 1.68. The van der Waals surface area contributed by atoms with Crippen molar-refractivity contribution in [3.63, 3.8) is 0 Å². The standard InChI is InChI=1S/2C6H6O.Fe.H3N/c2*7-6-4-2-1-3-5-6;;/h2*1-5,7H;;1H3/q;;+2;/p-2. The van der Waals surface area contributed by atoms with Gasteiger partial charge in [0.25, 0.3) is 0 Å². The number of para-hydroxylation sites is 2. The fourth-order valence-corrected chi connectivity index (χ4v) is 0.841. The minimum Gasteiger partial charge on any atom is -0.872 e. The van der Waals surface area contributed by atoms with Crippen LogP contribution >= 0.6 is 0 Å². The SMILES string of the molecule is N.[Fe+2].[O-]c1ccccc1.[O-]c1ccccc1. The van der Waals surface area contributed by atoms with E-state index in [1.54, 1.807) is 24.3 Å². The van der Waals surface area contributed by atoms with Gasteiger partial charge < -0.3 is 16.4 Å². The second-order valence-electron chi connectivity index (χ2n) is 2.63. The van der Waals surface area contributed by atoms with Crippen molar-refractivity contribution in [2.45, 2.75) is 0 Å². The van der Waals surface area contributed by atoms with Crippen molar-refractivity contribution >= 4 is 0 Å². The molecule has 0 aromatic heterocycles. The zero-order valence-electron chi connectivity index (χ0n) is 8.65. The first-order chi connectivity index (χ1) is 6.79. The van der Waals surface area contributed by atoms with E-state index in [9.17, 15) is 10.2 Å². The van der Waals surface area contributed by atoms with Crippen LogP contribution in [0.2, 0.25) is 0 Å². The molecule has 4 heteroatoms. The molecule has 0 fully saturated rings. The van der Waals surface area contributed by atoms with E-state index in [1.165, 1.54) is 24.3 Å². The van der Waals surface area contributed by atoms with Crippen LogP contribution in [-0.4, -0.2) is 0 Å². The summed E-state index contributed by atoms with van der Waals surface area (Å²) in [7, 11) is 0. The van der Waals surface area contributed by atoms with Crippen LogP contribution in [0.4, 0.5) is 0 Å². The molecule has 2 rings (SSSR count). The Hall–Kier alpha value is -1.48. The van der Waals surface area contributed by atoms with Crippen LogP contribution in [0.25, 0.3) is 0 Å². The monoisotopic (exact) mass is 259 g/mol. The van der Waals surface area contributed by atoms with E-state index in [4.69, 9.17) is 0 Å². The summed E-state index contributed by atoms with van der Waals surface area (Å²) in [5.41, 5.74) is 0. The van der Waals surface area contributed by atoms with Gasteiger partial charge in [-0.15, -0.1) is 11.5 Å². The van der Waals surface area contributed by atoms with Crippen LogP contribution in [0, 0.1) is 0 Å². The maximum absolute atomic E-state index is 10.3. The van der Waals surface area contributed by atoms with Crippen LogP contribution in [0.1, 0.15) is 0 Å². The van der Waals surface area contributed by atoms with E-state index in [1.807, 2.05) is 12.1 Å². The third kappa shape index (κ3) is 7.88. The molecule has 0 aliphatic rings. The fourth-order valence-electron chi connectivity index (χ4n) is 0.841. The first kappa shape index (κ1) is 16.9. The fraction of sp³-hybridized carbons (Fsp3) is 0. The number of benzene rings is 2. The molecular formula is C12H13FeNO2. The molecule has 3 nitrogen and oxygen atoms in total. The Morgan fingerprint density at radius 1 is 0.562 bits per heavy atom. The average molecular weight is 259 g/mol. The van der Waals surface area contributed by atoms with Crippen molar-refractivity contribution < 1.29 is 27.3 Å². The van der Waals surface area contributed by atoms with Crippen molar-refractivity contribution in [3.05, 3.63) is 60.7 Å². The van der Waals surface area contributed by atoms with Crippen molar-refractivity contribution in [1.82, 2.24) is 6.15 Å². The largest absolute Gasteiger partial charge is 2.00 e. The molecular weight excluding hydrogens is 246 g/mol. The average Bonchev–Trinajstić information content (AvgIpc) is 2.21. The van der Waals surface area contributed by atoms with Crippen molar-refractivity contribution in [1.29, 1.82) is 0 Å². The van der Waals surface area contributed by atoms with Gasteiger partial charge in [-0.25, -0.2) is 0 Å². The molecule has 2 aromatic rings. The van der Waals surface area contributed by atoms with E-state index in [2.05, 4.69) is 0 Å². The molecule has 0 atom stereocenters.